The van der Waals surface area contributed by atoms with Crippen LogP contribution in [0, 0.1) is 0 Å². The standard InChI is InChI=1S/C77H136O17P2/c1-5-9-13-17-21-25-29-32-34-35-37-39-43-46-50-54-58-62-75(80)88-68-73(94-77(82)64-60-56-52-48-44-40-36-33-30-26-22-18-14-10-6-2)70-92-96(85,86)90-66-71(78)65-89-95(83,84)91-69-72(93-76(81)63-59-55-51-47-41-28-24-20-16-12-8-4)67-87-74(79)61-57-53-49-45-42-38-31-27-23-19-15-11-7-3/h9,13,21-22,25-26,32-34,36-37,39,46,50,71-73,78H,5-8,10-12,14-20,23-24,27-31,35,38,40-45,47-49,51-70H2,1-4H3,(H,83,84)(H,85,86)/b13-9-,25-21-,26-22-,34-32-,36-33-,39-37-,50-46-. The Morgan fingerprint density at radius 2 is 0.552 bits per heavy atom. The molecule has 0 aromatic carbocycles. The van der Waals surface area contributed by atoms with Gasteiger partial charge in [0.2, 0.25) is 0 Å². The SMILES string of the molecule is CC/C=C\C/C=C\C/C=C\C/C=C\C/C=C\CCCC(=O)OCC(COP(=O)(O)OCC(O)COP(=O)(O)OCC(COC(=O)CCCCCCCCCCCCCCC)OC(=O)CCCCCCCCCCCCC)OC(=O)CCCCCCC/C=C\C/C=C\CCCCC. The van der Waals surface area contributed by atoms with E-state index in [-0.39, 0.29) is 25.7 Å². The fourth-order valence-electron chi connectivity index (χ4n) is 10.1. The molecule has 0 bridgehead atoms. The number of hydrogen-bond acceptors (Lipinski definition) is 15. The Kier molecular flexibility index (Phi) is 67.0. The number of hydrogen-bond donors (Lipinski definition) is 3. The molecule has 0 spiro atoms. The highest BCUT2D eigenvalue weighted by Gasteiger charge is 2.30. The number of unbranched alkanes of at least 4 members (excludes halogenated alkanes) is 31. The van der Waals surface area contributed by atoms with E-state index in [2.05, 4.69) is 101 Å². The first-order valence-electron chi connectivity index (χ1n) is 37.8. The van der Waals surface area contributed by atoms with Crippen molar-refractivity contribution >= 4 is 39.5 Å². The first kappa shape index (κ1) is 92.2. The third-order valence-electron chi connectivity index (χ3n) is 15.9. The summed E-state index contributed by atoms with van der Waals surface area (Å²) in [5, 5.41) is 10.6. The molecule has 0 aromatic heterocycles. The van der Waals surface area contributed by atoms with Crippen LogP contribution in [0.5, 0.6) is 0 Å². The Morgan fingerprint density at radius 1 is 0.302 bits per heavy atom. The summed E-state index contributed by atoms with van der Waals surface area (Å²) in [7, 11) is -9.95. The fourth-order valence-corrected chi connectivity index (χ4v) is 11.7. The van der Waals surface area contributed by atoms with Gasteiger partial charge < -0.3 is 33.8 Å². The second-order valence-electron chi connectivity index (χ2n) is 25.2. The minimum Gasteiger partial charge on any atom is -0.462 e. The number of carbonyl (C=O) groups is 4. The van der Waals surface area contributed by atoms with Crippen molar-refractivity contribution in [2.75, 3.05) is 39.6 Å². The average molecular weight is 1400 g/mol. The van der Waals surface area contributed by atoms with Crippen LogP contribution >= 0.6 is 15.6 Å². The molecule has 0 aliphatic rings. The van der Waals surface area contributed by atoms with Crippen molar-refractivity contribution in [2.24, 2.45) is 0 Å². The number of allylic oxidation sites excluding steroid dienone is 14. The summed E-state index contributed by atoms with van der Waals surface area (Å²) < 4.78 is 68.3. The Balaban J connectivity index is 5.37. The molecule has 0 heterocycles. The molecule has 5 unspecified atom stereocenters. The highest BCUT2D eigenvalue weighted by Crippen LogP contribution is 2.45. The van der Waals surface area contributed by atoms with Gasteiger partial charge in [0.1, 0.15) is 19.3 Å². The summed E-state index contributed by atoms with van der Waals surface area (Å²) in [6.45, 7) is 4.67. The maximum atomic E-state index is 13.1. The van der Waals surface area contributed by atoms with Gasteiger partial charge in [-0.1, -0.05) is 286 Å². The largest absolute Gasteiger partial charge is 0.472 e. The van der Waals surface area contributed by atoms with Gasteiger partial charge in [-0.05, 0) is 96.3 Å². The minimum absolute atomic E-state index is 0.0678. The molecule has 96 heavy (non-hydrogen) atoms. The number of ether oxygens (including phenoxy) is 4. The van der Waals surface area contributed by atoms with Crippen LogP contribution in [-0.4, -0.2) is 96.7 Å². The monoisotopic (exact) mass is 1390 g/mol. The highest BCUT2D eigenvalue weighted by molar-refractivity contribution is 7.47. The third kappa shape index (κ3) is 68.8. The van der Waals surface area contributed by atoms with E-state index in [0.29, 0.717) is 32.1 Å². The quantitative estimate of drug-likeness (QED) is 0.0169. The van der Waals surface area contributed by atoms with Crippen LogP contribution in [0.15, 0.2) is 85.1 Å². The van der Waals surface area contributed by atoms with Gasteiger partial charge in [0.25, 0.3) is 0 Å². The molecule has 0 saturated carbocycles. The van der Waals surface area contributed by atoms with Gasteiger partial charge in [-0.15, -0.1) is 0 Å². The average Bonchev–Trinajstić information content (AvgIpc) is 2.18. The lowest BCUT2D eigenvalue weighted by Gasteiger charge is -2.21. The maximum absolute atomic E-state index is 13.1. The first-order chi connectivity index (χ1) is 46.7. The molecule has 19 heteroatoms. The number of aliphatic hydroxyl groups is 1. The van der Waals surface area contributed by atoms with Gasteiger partial charge in [-0.2, -0.15) is 0 Å². The number of phosphoric ester groups is 2. The predicted molar refractivity (Wildman–Crippen MR) is 390 cm³/mol. The van der Waals surface area contributed by atoms with Gasteiger partial charge >= 0.3 is 39.5 Å². The van der Waals surface area contributed by atoms with Crippen molar-refractivity contribution in [3.63, 3.8) is 0 Å². The third-order valence-corrected chi connectivity index (χ3v) is 17.8. The molecule has 0 amide bonds. The summed E-state index contributed by atoms with van der Waals surface area (Å²) in [4.78, 5) is 72.7. The zero-order valence-corrected chi connectivity index (χ0v) is 62.3. The van der Waals surface area contributed by atoms with E-state index in [1.165, 1.54) is 116 Å². The second-order valence-corrected chi connectivity index (χ2v) is 28.1. The van der Waals surface area contributed by atoms with E-state index in [1.54, 1.807) is 0 Å². The van der Waals surface area contributed by atoms with Gasteiger partial charge in [-0.3, -0.25) is 37.3 Å². The summed E-state index contributed by atoms with van der Waals surface area (Å²) >= 11 is 0. The Morgan fingerprint density at radius 3 is 0.896 bits per heavy atom. The Hall–Kier alpha value is -3.76. The lowest BCUT2D eigenvalue weighted by atomic mass is 10.0. The van der Waals surface area contributed by atoms with Crippen LogP contribution in [0.25, 0.3) is 0 Å². The van der Waals surface area contributed by atoms with Gasteiger partial charge in [0, 0.05) is 25.7 Å². The number of aliphatic hydroxyl groups excluding tert-OH is 1. The smallest absolute Gasteiger partial charge is 0.462 e. The zero-order chi connectivity index (χ0) is 70.4. The molecule has 0 aromatic rings. The molecular weight excluding hydrogens is 1260 g/mol. The summed E-state index contributed by atoms with van der Waals surface area (Å²) in [6.07, 6.45) is 70.1. The van der Waals surface area contributed by atoms with Crippen LogP contribution in [0.4, 0.5) is 0 Å². The van der Waals surface area contributed by atoms with E-state index in [1.807, 2.05) is 12.2 Å². The van der Waals surface area contributed by atoms with Crippen LogP contribution in [-0.2, 0) is 65.4 Å². The van der Waals surface area contributed by atoms with Crippen LogP contribution < -0.4 is 0 Å². The molecule has 0 fully saturated rings. The van der Waals surface area contributed by atoms with Crippen LogP contribution in [0.1, 0.15) is 323 Å². The Bertz CT molecular complexity index is 2160. The maximum Gasteiger partial charge on any atom is 0.472 e. The number of carbonyl (C=O) groups excluding carboxylic acids is 4. The molecule has 556 valence electrons. The lowest BCUT2D eigenvalue weighted by molar-refractivity contribution is -0.161. The number of esters is 4. The van der Waals surface area contributed by atoms with Crippen LogP contribution in [0.3, 0.4) is 0 Å². The normalized spacial score (nSPS) is 14.4. The van der Waals surface area contributed by atoms with Crippen molar-refractivity contribution in [3.8, 4) is 0 Å². The molecular formula is C77H136O17P2. The minimum atomic E-state index is -4.98. The molecule has 0 aliphatic carbocycles. The first-order valence-corrected chi connectivity index (χ1v) is 40.8. The molecule has 0 rings (SSSR count). The summed E-state index contributed by atoms with van der Waals surface area (Å²) in [5.74, 6) is -2.24. The van der Waals surface area contributed by atoms with Gasteiger partial charge in [0.15, 0.2) is 12.2 Å². The number of phosphoric acid groups is 2. The van der Waals surface area contributed by atoms with E-state index in [0.717, 1.165) is 122 Å². The number of rotatable bonds is 71. The van der Waals surface area contributed by atoms with Crippen molar-refractivity contribution in [1.82, 2.24) is 0 Å². The van der Waals surface area contributed by atoms with Crippen LogP contribution in [0.2, 0.25) is 0 Å². The summed E-state index contributed by atoms with van der Waals surface area (Å²) in [5.41, 5.74) is 0. The molecule has 0 radical (unpaired) electrons. The van der Waals surface area contributed by atoms with Crippen molar-refractivity contribution in [2.45, 2.75) is 341 Å². The zero-order valence-electron chi connectivity index (χ0n) is 60.5. The molecule has 5 atom stereocenters. The molecule has 0 aliphatic heterocycles. The van der Waals surface area contributed by atoms with E-state index >= 15 is 0 Å². The second kappa shape index (κ2) is 69.7. The summed E-state index contributed by atoms with van der Waals surface area (Å²) in [6, 6.07) is 0. The predicted octanol–water partition coefficient (Wildman–Crippen LogP) is 21.4. The van der Waals surface area contributed by atoms with Crippen molar-refractivity contribution in [1.29, 1.82) is 0 Å². The lowest BCUT2D eigenvalue weighted by Crippen LogP contribution is -2.30. The topological polar surface area (TPSA) is 237 Å². The van der Waals surface area contributed by atoms with Gasteiger partial charge in [-0.25, -0.2) is 9.13 Å². The fraction of sp³-hybridized carbons (Fsp3) is 0.766. The van der Waals surface area contributed by atoms with Gasteiger partial charge in [0.05, 0.1) is 26.4 Å². The molecule has 3 N–H and O–H groups in total. The van der Waals surface area contributed by atoms with E-state index in [4.69, 9.17) is 37.0 Å². The van der Waals surface area contributed by atoms with Crippen molar-refractivity contribution in [3.05, 3.63) is 85.1 Å². The highest BCUT2D eigenvalue weighted by atomic mass is 31.2. The van der Waals surface area contributed by atoms with Crippen molar-refractivity contribution < 1.29 is 80.2 Å². The molecule has 0 saturated heterocycles. The Labute approximate surface area is 583 Å². The molecule has 17 nitrogen and oxygen atoms in total. The van der Waals surface area contributed by atoms with E-state index < -0.39 is 97.5 Å². The van der Waals surface area contributed by atoms with E-state index in [9.17, 15) is 43.2 Å².